The topological polar surface area (TPSA) is 33.0 Å². The van der Waals surface area contributed by atoms with E-state index in [4.69, 9.17) is 4.43 Å². The van der Waals surface area contributed by atoms with Gasteiger partial charge in [0.2, 0.25) is 0 Å². The van der Waals surface area contributed by atoms with Crippen LogP contribution < -0.4 is 0 Å². The van der Waals surface area contributed by atoms with Crippen molar-refractivity contribution in [3.8, 4) is 6.07 Å². The Balaban J connectivity index is 2.66. The summed E-state index contributed by atoms with van der Waals surface area (Å²) in [6, 6.07) is 2.35. The molecule has 0 radical (unpaired) electrons. The van der Waals surface area contributed by atoms with Crippen LogP contribution in [0.2, 0.25) is 18.1 Å². The van der Waals surface area contributed by atoms with E-state index in [0.717, 1.165) is 25.0 Å². The van der Waals surface area contributed by atoms with Crippen LogP contribution in [0, 0.1) is 16.7 Å². The highest BCUT2D eigenvalue weighted by Gasteiger charge is 2.36. The summed E-state index contributed by atoms with van der Waals surface area (Å²) in [4.78, 5) is 0. The zero-order chi connectivity index (χ0) is 22.3. The summed E-state index contributed by atoms with van der Waals surface area (Å²) in [5.41, 5.74) is 5.25. The van der Waals surface area contributed by atoms with Crippen molar-refractivity contribution >= 4 is 8.32 Å². The number of rotatable bonds is 8. The molecule has 1 rings (SSSR count). The van der Waals surface area contributed by atoms with Gasteiger partial charge in [0, 0.05) is 12.2 Å². The third-order valence-electron chi connectivity index (χ3n) is 6.61. The summed E-state index contributed by atoms with van der Waals surface area (Å²) in [5.74, 6) is 0. The van der Waals surface area contributed by atoms with Crippen molar-refractivity contribution in [3.63, 3.8) is 0 Å². The van der Waals surface area contributed by atoms with Gasteiger partial charge in [-0.3, -0.25) is 0 Å². The quantitative estimate of drug-likeness (QED) is 0.174. The molecule has 0 fully saturated rings. The predicted molar refractivity (Wildman–Crippen MR) is 129 cm³/mol. The van der Waals surface area contributed by atoms with E-state index in [0.29, 0.717) is 0 Å². The molecule has 162 valence electrons. The van der Waals surface area contributed by atoms with Crippen LogP contribution in [0.5, 0.6) is 0 Å². The van der Waals surface area contributed by atoms with Crippen LogP contribution in [0.15, 0.2) is 46.6 Å². The monoisotopic (exact) mass is 413 g/mol. The van der Waals surface area contributed by atoms with Crippen LogP contribution >= 0.6 is 0 Å². The van der Waals surface area contributed by atoms with E-state index >= 15 is 0 Å². The molecule has 0 spiro atoms. The zero-order valence-corrected chi connectivity index (χ0v) is 21.4. The standard InChI is InChI=1S/C26H43NOSi/c1-21(15-17-24-22(2)12-10-18-26(24,6)7)14-16-23(20-27)13-11-19-28-29(8,9)25(3,4)5/h14-17H,10-13,18-19H2,1-9H3/b17-15+,21-14+,23-16-. The minimum atomic E-state index is -1.70. The fourth-order valence-corrected chi connectivity index (χ4v) is 4.58. The summed E-state index contributed by atoms with van der Waals surface area (Å²) >= 11 is 0. The number of nitrogens with zero attached hydrogens (tertiary/aromatic N) is 1. The third kappa shape index (κ3) is 8.11. The van der Waals surface area contributed by atoms with Crippen molar-refractivity contribution in [1.82, 2.24) is 0 Å². The molecule has 0 aromatic carbocycles. The van der Waals surface area contributed by atoms with Crippen LogP contribution in [0.1, 0.15) is 80.6 Å². The summed E-state index contributed by atoms with van der Waals surface area (Å²) in [5, 5.41) is 9.69. The van der Waals surface area contributed by atoms with Gasteiger partial charge in [0.1, 0.15) is 0 Å². The lowest BCUT2D eigenvalue weighted by Crippen LogP contribution is -2.40. The first-order valence-corrected chi connectivity index (χ1v) is 14.0. The maximum Gasteiger partial charge on any atom is 0.191 e. The van der Waals surface area contributed by atoms with Crippen LogP contribution in [0.4, 0.5) is 0 Å². The molecule has 0 aromatic heterocycles. The normalized spacial score (nSPS) is 19.0. The Labute approximate surface area is 181 Å². The molecular weight excluding hydrogens is 370 g/mol. The fraction of sp³-hybridized carbons (Fsp3) is 0.654. The molecule has 2 nitrogen and oxygen atoms in total. The molecule has 0 aliphatic heterocycles. The van der Waals surface area contributed by atoms with E-state index in [1.165, 1.54) is 36.0 Å². The molecular formula is C26H43NOSi. The van der Waals surface area contributed by atoms with Crippen molar-refractivity contribution in [2.75, 3.05) is 6.61 Å². The second kappa shape index (κ2) is 10.6. The molecule has 3 heteroatoms. The molecule has 0 amide bonds. The molecule has 1 aliphatic rings. The maximum atomic E-state index is 9.46. The molecule has 0 unspecified atom stereocenters. The Morgan fingerprint density at radius 3 is 2.45 bits per heavy atom. The third-order valence-corrected chi connectivity index (χ3v) is 11.1. The molecule has 1 aliphatic carbocycles. The highest BCUT2D eigenvalue weighted by atomic mass is 28.4. The Kier molecular flexibility index (Phi) is 9.38. The SMILES string of the molecule is CC1=C(/C=C/C(C)=C/C=C(\C#N)CCCO[Si](C)(C)C(C)(C)C)C(C)(C)CCC1. The maximum absolute atomic E-state index is 9.46. The fourth-order valence-electron chi connectivity index (χ4n) is 3.50. The molecule has 0 aromatic rings. The van der Waals surface area contributed by atoms with Gasteiger partial charge < -0.3 is 4.43 Å². The van der Waals surface area contributed by atoms with Gasteiger partial charge in [0.05, 0.1) is 6.07 Å². The lowest BCUT2D eigenvalue weighted by molar-refractivity contribution is 0.283. The Hall–Kier alpha value is -1.37. The minimum absolute atomic E-state index is 0.230. The predicted octanol–water partition coefficient (Wildman–Crippen LogP) is 8.27. The first kappa shape index (κ1) is 25.7. The number of nitriles is 1. The first-order chi connectivity index (χ1) is 13.3. The van der Waals surface area contributed by atoms with Crippen molar-refractivity contribution in [2.24, 2.45) is 5.41 Å². The Bertz CT molecular complexity index is 721. The van der Waals surface area contributed by atoms with Gasteiger partial charge in [0.25, 0.3) is 0 Å². The lowest BCUT2D eigenvalue weighted by atomic mass is 9.72. The smallest absolute Gasteiger partial charge is 0.191 e. The molecule has 0 heterocycles. The van der Waals surface area contributed by atoms with Gasteiger partial charge >= 0.3 is 0 Å². The van der Waals surface area contributed by atoms with Gasteiger partial charge in [-0.15, -0.1) is 0 Å². The van der Waals surface area contributed by atoms with Crippen molar-refractivity contribution in [3.05, 3.63) is 46.6 Å². The van der Waals surface area contributed by atoms with E-state index in [9.17, 15) is 5.26 Å². The largest absolute Gasteiger partial charge is 0.417 e. The summed E-state index contributed by atoms with van der Waals surface area (Å²) in [6.07, 6.45) is 13.9. The molecule has 0 bridgehead atoms. The number of allylic oxidation sites excluding steroid dienone is 8. The number of hydrogen-bond acceptors (Lipinski definition) is 2. The van der Waals surface area contributed by atoms with E-state index in [1.807, 2.05) is 6.08 Å². The average Bonchev–Trinajstić information content (AvgIpc) is 2.59. The Morgan fingerprint density at radius 2 is 1.90 bits per heavy atom. The molecule has 29 heavy (non-hydrogen) atoms. The van der Waals surface area contributed by atoms with Crippen LogP contribution in [0.3, 0.4) is 0 Å². The van der Waals surface area contributed by atoms with Crippen molar-refractivity contribution in [1.29, 1.82) is 5.26 Å². The second-order valence-corrected chi connectivity index (χ2v) is 15.5. The van der Waals surface area contributed by atoms with Crippen LogP contribution in [-0.4, -0.2) is 14.9 Å². The Morgan fingerprint density at radius 1 is 1.24 bits per heavy atom. The van der Waals surface area contributed by atoms with Crippen molar-refractivity contribution in [2.45, 2.75) is 98.7 Å². The lowest BCUT2D eigenvalue weighted by Gasteiger charge is -2.36. The highest BCUT2D eigenvalue weighted by Crippen LogP contribution is 2.40. The molecule has 0 atom stereocenters. The highest BCUT2D eigenvalue weighted by molar-refractivity contribution is 6.74. The van der Waals surface area contributed by atoms with E-state index in [-0.39, 0.29) is 10.5 Å². The van der Waals surface area contributed by atoms with Gasteiger partial charge in [-0.05, 0) is 81.1 Å². The second-order valence-electron chi connectivity index (χ2n) is 10.7. The average molecular weight is 414 g/mol. The first-order valence-electron chi connectivity index (χ1n) is 11.1. The summed E-state index contributed by atoms with van der Waals surface area (Å²) in [6.45, 7) is 21.1. The van der Waals surface area contributed by atoms with Gasteiger partial charge in [0.15, 0.2) is 8.32 Å². The van der Waals surface area contributed by atoms with Gasteiger partial charge in [-0.2, -0.15) is 5.26 Å². The van der Waals surface area contributed by atoms with Gasteiger partial charge in [-0.25, -0.2) is 0 Å². The molecule has 0 saturated heterocycles. The van der Waals surface area contributed by atoms with Crippen molar-refractivity contribution < 1.29 is 4.43 Å². The summed E-state index contributed by atoms with van der Waals surface area (Å²) < 4.78 is 6.22. The van der Waals surface area contributed by atoms with E-state index in [1.54, 1.807) is 0 Å². The minimum Gasteiger partial charge on any atom is -0.417 e. The van der Waals surface area contributed by atoms with Gasteiger partial charge in [-0.1, -0.05) is 64.0 Å². The van der Waals surface area contributed by atoms with E-state index in [2.05, 4.69) is 85.9 Å². The van der Waals surface area contributed by atoms with E-state index < -0.39 is 8.32 Å². The summed E-state index contributed by atoms with van der Waals surface area (Å²) in [7, 11) is -1.70. The molecule has 0 N–H and O–H groups in total. The zero-order valence-electron chi connectivity index (χ0n) is 20.4. The van der Waals surface area contributed by atoms with Crippen LogP contribution in [-0.2, 0) is 4.43 Å². The number of hydrogen-bond donors (Lipinski definition) is 0. The molecule has 0 saturated carbocycles. The van der Waals surface area contributed by atoms with Crippen LogP contribution in [0.25, 0.3) is 0 Å².